The van der Waals surface area contributed by atoms with Crippen molar-refractivity contribution < 1.29 is 0 Å². The molecule has 7 heteroatoms. The smallest absolute Gasteiger partial charge is 0.160 e. The number of nitrogens with zero attached hydrogens (tertiary/aromatic N) is 3. The molecular weight excluding hydrogens is 309 g/mol. The molecule has 3 rings (SSSR count). The maximum atomic E-state index is 4.59. The molecular formula is C14H19Cl2N5. The molecule has 1 fully saturated rings. The van der Waals surface area contributed by atoms with Crippen LogP contribution in [0.4, 0.5) is 5.82 Å². The molecule has 0 spiro atoms. The lowest BCUT2D eigenvalue weighted by Crippen LogP contribution is -2.22. The molecule has 1 atom stereocenters. The normalized spacial score (nSPS) is 16.7. The van der Waals surface area contributed by atoms with Crippen molar-refractivity contribution in [1.29, 1.82) is 0 Å². The molecule has 0 amide bonds. The first-order chi connectivity index (χ1) is 9.33. The molecule has 2 aromatic rings. The molecule has 0 aromatic carbocycles. The van der Waals surface area contributed by atoms with E-state index in [1.807, 2.05) is 25.1 Å². The van der Waals surface area contributed by atoms with Gasteiger partial charge in [-0.3, -0.25) is 0 Å². The minimum absolute atomic E-state index is 0. The van der Waals surface area contributed by atoms with Gasteiger partial charge in [-0.25, -0.2) is 15.0 Å². The fourth-order valence-corrected chi connectivity index (χ4v) is 2.30. The van der Waals surface area contributed by atoms with Gasteiger partial charge in [0, 0.05) is 30.5 Å². The summed E-state index contributed by atoms with van der Waals surface area (Å²) in [6.45, 7) is 4.07. The van der Waals surface area contributed by atoms with Crippen LogP contribution in [0.25, 0.3) is 11.4 Å². The maximum absolute atomic E-state index is 4.59. The van der Waals surface area contributed by atoms with Gasteiger partial charge in [0.2, 0.25) is 0 Å². The minimum Gasteiger partial charge on any atom is -0.366 e. The number of nitrogens with one attached hydrogen (secondary N) is 2. The van der Waals surface area contributed by atoms with Gasteiger partial charge >= 0.3 is 0 Å². The van der Waals surface area contributed by atoms with E-state index in [2.05, 4.69) is 25.6 Å². The Morgan fingerprint density at radius 3 is 2.57 bits per heavy atom. The summed E-state index contributed by atoms with van der Waals surface area (Å²) in [5, 5.41) is 6.78. The van der Waals surface area contributed by atoms with Crippen molar-refractivity contribution in [3.63, 3.8) is 0 Å². The van der Waals surface area contributed by atoms with E-state index in [1.54, 1.807) is 12.4 Å². The molecule has 0 bridgehead atoms. The summed E-state index contributed by atoms with van der Waals surface area (Å²) < 4.78 is 0. The van der Waals surface area contributed by atoms with Gasteiger partial charge < -0.3 is 10.6 Å². The molecule has 114 valence electrons. The first-order valence-electron chi connectivity index (χ1n) is 6.55. The molecule has 5 nitrogen and oxygen atoms in total. The lowest BCUT2D eigenvalue weighted by Gasteiger charge is -2.13. The van der Waals surface area contributed by atoms with E-state index in [9.17, 15) is 0 Å². The molecule has 0 unspecified atom stereocenters. The number of aryl methyl sites for hydroxylation is 1. The molecule has 2 aromatic heterocycles. The third-order valence-corrected chi connectivity index (χ3v) is 3.30. The van der Waals surface area contributed by atoms with Crippen LogP contribution in [0.5, 0.6) is 0 Å². The van der Waals surface area contributed by atoms with Crippen molar-refractivity contribution in [2.45, 2.75) is 19.4 Å². The van der Waals surface area contributed by atoms with Crippen LogP contribution < -0.4 is 10.6 Å². The fraction of sp³-hybridized carbons (Fsp3) is 0.357. The summed E-state index contributed by atoms with van der Waals surface area (Å²) in [7, 11) is 0. The van der Waals surface area contributed by atoms with Crippen molar-refractivity contribution >= 4 is 30.6 Å². The van der Waals surface area contributed by atoms with Gasteiger partial charge in [-0.1, -0.05) is 0 Å². The van der Waals surface area contributed by atoms with Crippen LogP contribution in [0.15, 0.2) is 30.6 Å². The second kappa shape index (κ2) is 8.12. The Morgan fingerprint density at radius 1 is 1.19 bits per heavy atom. The van der Waals surface area contributed by atoms with E-state index in [0.29, 0.717) is 6.04 Å². The average Bonchev–Trinajstić information content (AvgIpc) is 2.93. The monoisotopic (exact) mass is 327 g/mol. The van der Waals surface area contributed by atoms with Crippen LogP contribution in [0.1, 0.15) is 12.1 Å². The van der Waals surface area contributed by atoms with Gasteiger partial charge in [0.05, 0.1) is 5.69 Å². The molecule has 1 aliphatic heterocycles. The zero-order chi connectivity index (χ0) is 13.1. The average molecular weight is 328 g/mol. The Labute approximate surface area is 136 Å². The lowest BCUT2D eigenvalue weighted by atomic mass is 10.2. The van der Waals surface area contributed by atoms with Crippen molar-refractivity contribution in [3.8, 4) is 11.4 Å². The number of rotatable bonds is 3. The number of aromatic nitrogens is 3. The lowest BCUT2D eigenvalue weighted by molar-refractivity contribution is 0.787. The molecule has 1 aliphatic rings. The summed E-state index contributed by atoms with van der Waals surface area (Å²) in [5.41, 5.74) is 1.93. The first kappa shape index (κ1) is 17.6. The highest BCUT2D eigenvalue weighted by atomic mass is 35.5. The van der Waals surface area contributed by atoms with Crippen molar-refractivity contribution in [3.05, 3.63) is 36.3 Å². The second-order valence-corrected chi connectivity index (χ2v) is 4.74. The zero-order valence-electron chi connectivity index (χ0n) is 11.7. The zero-order valence-corrected chi connectivity index (χ0v) is 13.4. The molecule has 0 radical (unpaired) electrons. The quantitative estimate of drug-likeness (QED) is 0.906. The van der Waals surface area contributed by atoms with E-state index in [1.165, 1.54) is 0 Å². The largest absolute Gasteiger partial charge is 0.366 e. The predicted octanol–water partition coefficient (Wildman–Crippen LogP) is 2.46. The summed E-state index contributed by atoms with van der Waals surface area (Å²) in [4.78, 5) is 13.1. The van der Waals surface area contributed by atoms with Crippen LogP contribution in [0.2, 0.25) is 0 Å². The highest BCUT2D eigenvalue weighted by molar-refractivity contribution is 5.85. The summed E-state index contributed by atoms with van der Waals surface area (Å²) >= 11 is 0. The minimum atomic E-state index is 0. The SMILES string of the molecule is Cc1nc(N[C@H]2CCNC2)ccc1-c1ncccn1.Cl.Cl. The molecule has 1 saturated heterocycles. The Balaban J connectivity index is 0.00000110. The number of hydrogen-bond acceptors (Lipinski definition) is 5. The number of pyridine rings is 1. The molecule has 3 heterocycles. The van der Waals surface area contributed by atoms with Gasteiger partial charge in [-0.2, -0.15) is 0 Å². The highest BCUT2D eigenvalue weighted by Crippen LogP contribution is 2.20. The molecule has 21 heavy (non-hydrogen) atoms. The van der Waals surface area contributed by atoms with Gasteiger partial charge in [0.25, 0.3) is 0 Å². The number of anilines is 1. The Morgan fingerprint density at radius 2 is 1.95 bits per heavy atom. The Kier molecular flexibility index (Phi) is 6.81. The Bertz CT molecular complexity index is 559. The topological polar surface area (TPSA) is 62.7 Å². The second-order valence-electron chi connectivity index (χ2n) is 4.74. The molecule has 2 N–H and O–H groups in total. The third-order valence-electron chi connectivity index (χ3n) is 3.30. The van der Waals surface area contributed by atoms with E-state index >= 15 is 0 Å². The van der Waals surface area contributed by atoms with E-state index in [4.69, 9.17) is 0 Å². The van der Waals surface area contributed by atoms with E-state index in [0.717, 1.165) is 42.4 Å². The highest BCUT2D eigenvalue weighted by Gasteiger charge is 2.15. The number of halogens is 2. The van der Waals surface area contributed by atoms with E-state index in [-0.39, 0.29) is 24.8 Å². The van der Waals surface area contributed by atoms with Crippen LogP contribution >= 0.6 is 24.8 Å². The summed E-state index contributed by atoms with van der Waals surface area (Å²) in [6.07, 6.45) is 4.64. The van der Waals surface area contributed by atoms with Crippen molar-refractivity contribution in [2.24, 2.45) is 0 Å². The molecule has 0 aliphatic carbocycles. The molecule has 0 saturated carbocycles. The van der Waals surface area contributed by atoms with Gasteiger partial charge in [-0.05, 0) is 38.1 Å². The standard InChI is InChI=1S/C14H17N5.2ClH/c1-10-12(14-16-6-2-7-17-14)3-4-13(18-10)19-11-5-8-15-9-11;;/h2-4,6-7,11,15H,5,8-9H2,1H3,(H,18,19);2*1H/t11-;;/m0../s1. The van der Waals surface area contributed by atoms with E-state index < -0.39 is 0 Å². The summed E-state index contributed by atoms with van der Waals surface area (Å²) in [5.74, 6) is 1.65. The van der Waals surface area contributed by atoms with Crippen LogP contribution in [0, 0.1) is 6.92 Å². The van der Waals surface area contributed by atoms with Crippen LogP contribution in [0.3, 0.4) is 0 Å². The van der Waals surface area contributed by atoms with Gasteiger partial charge in [0.1, 0.15) is 5.82 Å². The summed E-state index contributed by atoms with van der Waals surface area (Å²) in [6, 6.07) is 6.32. The van der Waals surface area contributed by atoms with Crippen molar-refractivity contribution in [2.75, 3.05) is 18.4 Å². The Hall–Kier alpha value is -1.43. The number of hydrogen-bond donors (Lipinski definition) is 2. The van der Waals surface area contributed by atoms with Crippen LogP contribution in [-0.4, -0.2) is 34.1 Å². The van der Waals surface area contributed by atoms with Crippen molar-refractivity contribution in [1.82, 2.24) is 20.3 Å². The maximum Gasteiger partial charge on any atom is 0.160 e. The van der Waals surface area contributed by atoms with Crippen LogP contribution in [-0.2, 0) is 0 Å². The first-order valence-corrected chi connectivity index (χ1v) is 6.55. The van der Waals surface area contributed by atoms with Gasteiger partial charge in [-0.15, -0.1) is 24.8 Å². The third kappa shape index (κ3) is 4.27. The fourth-order valence-electron chi connectivity index (χ4n) is 2.30. The van der Waals surface area contributed by atoms with Gasteiger partial charge in [0.15, 0.2) is 5.82 Å². The predicted molar refractivity (Wildman–Crippen MR) is 89.4 cm³/mol.